The Kier molecular flexibility index (Phi) is 7.37. The molecular formula is C22H26N4. The molecule has 0 atom stereocenters. The Morgan fingerprint density at radius 2 is 0.846 bits per heavy atom. The molecular weight excluding hydrogens is 320 g/mol. The molecule has 0 amide bonds. The van der Waals surface area contributed by atoms with E-state index in [0.29, 0.717) is 0 Å². The summed E-state index contributed by atoms with van der Waals surface area (Å²) in [5, 5.41) is 7.95. The molecule has 3 rings (SSSR count). The summed E-state index contributed by atoms with van der Waals surface area (Å²) in [4.78, 5) is 0. The maximum Gasteiger partial charge on any atom is 0.0611 e. The van der Waals surface area contributed by atoms with Gasteiger partial charge in [0, 0.05) is 0 Å². The van der Waals surface area contributed by atoms with Crippen LogP contribution >= 0.6 is 0 Å². The minimum absolute atomic E-state index is 0.969. The van der Waals surface area contributed by atoms with E-state index in [0.717, 1.165) is 11.4 Å². The van der Waals surface area contributed by atoms with Crippen molar-refractivity contribution in [1.29, 1.82) is 0 Å². The van der Waals surface area contributed by atoms with Gasteiger partial charge in [0.1, 0.15) is 0 Å². The van der Waals surface area contributed by atoms with Crippen molar-refractivity contribution in [1.82, 2.24) is 0 Å². The van der Waals surface area contributed by atoms with E-state index in [2.05, 4.69) is 61.1 Å². The highest BCUT2D eigenvalue weighted by atomic mass is 15.5. The summed E-state index contributed by atoms with van der Waals surface area (Å²) in [5.41, 5.74) is 12.7. The van der Waals surface area contributed by atoms with Crippen molar-refractivity contribution in [2.24, 2.45) is 10.4 Å². The smallest absolute Gasteiger partial charge is 0.0611 e. The van der Waals surface area contributed by atoms with Crippen LogP contribution in [0.3, 0.4) is 0 Å². The summed E-state index contributed by atoms with van der Waals surface area (Å²) in [6.07, 6.45) is 0. The van der Waals surface area contributed by atoms with Gasteiger partial charge in [-0.25, -0.2) is 0 Å². The van der Waals surface area contributed by atoms with Crippen molar-refractivity contribution < 1.29 is 0 Å². The molecule has 26 heavy (non-hydrogen) atoms. The molecule has 0 bridgehead atoms. The van der Waals surface area contributed by atoms with Crippen LogP contribution in [0.5, 0.6) is 0 Å². The Morgan fingerprint density at radius 1 is 0.500 bits per heavy atom. The lowest BCUT2D eigenvalue weighted by Crippen LogP contribution is -1.96. The van der Waals surface area contributed by atoms with Crippen LogP contribution in [-0.2, 0) is 0 Å². The first kappa shape index (κ1) is 19.2. The van der Waals surface area contributed by atoms with Crippen LogP contribution in [-0.4, -0.2) is 0 Å². The molecule has 4 nitrogen and oxygen atoms in total. The molecule has 0 fully saturated rings. The number of rotatable bonds is 4. The zero-order valence-corrected chi connectivity index (χ0v) is 15.8. The monoisotopic (exact) mass is 346 g/mol. The van der Waals surface area contributed by atoms with E-state index in [1.807, 2.05) is 60.7 Å². The second kappa shape index (κ2) is 9.99. The zero-order chi connectivity index (χ0) is 18.8. The zero-order valence-electron chi connectivity index (χ0n) is 15.8. The number of anilines is 2. The van der Waals surface area contributed by atoms with E-state index >= 15 is 0 Å². The summed E-state index contributed by atoms with van der Waals surface area (Å²) in [7, 11) is 0. The summed E-state index contributed by atoms with van der Waals surface area (Å²) in [6.45, 7) is 8.27. The van der Waals surface area contributed by atoms with E-state index in [1.54, 1.807) is 0 Å². The van der Waals surface area contributed by atoms with Crippen molar-refractivity contribution in [3.63, 3.8) is 0 Å². The molecule has 0 saturated carbocycles. The van der Waals surface area contributed by atoms with Crippen LogP contribution in [0.4, 0.5) is 11.4 Å². The molecule has 0 saturated heterocycles. The summed E-state index contributed by atoms with van der Waals surface area (Å²) in [5.74, 6) is 0. The van der Waals surface area contributed by atoms with E-state index < -0.39 is 0 Å². The van der Waals surface area contributed by atoms with Gasteiger partial charge in [0.2, 0.25) is 0 Å². The molecule has 0 aliphatic rings. The van der Waals surface area contributed by atoms with Crippen molar-refractivity contribution in [2.45, 2.75) is 27.7 Å². The summed E-state index contributed by atoms with van der Waals surface area (Å²) in [6, 6.07) is 24.1. The quantitative estimate of drug-likeness (QED) is 0.423. The van der Waals surface area contributed by atoms with Gasteiger partial charge in [-0.2, -0.15) is 0 Å². The summed E-state index contributed by atoms with van der Waals surface area (Å²) < 4.78 is 0. The molecule has 0 spiro atoms. The lowest BCUT2D eigenvalue weighted by Gasteiger charge is -2.08. The van der Waals surface area contributed by atoms with Gasteiger partial charge in [-0.05, 0) is 62.1 Å². The van der Waals surface area contributed by atoms with Crippen LogP contribution < -0.4 is 10.9 Å². The second-order valence-corrected chi connectivity index (χ2v) is 6.07. The lowest BCUT2D eigenvalue weighted by molar-refractivity contribution is 1.05. The third-order valence-electron chi connectivity index (χ3n) is 4.27. The van der Waals surface area contributed by atoms with Gasteiger partial charge in [-0.15, -0.1) is 0 Å². The molecule has 3 aromatic carbocycles. The molecule has 134 valence electrons. The Hall–Kier alpha value is -3.14. The third-order valence-corrected chi connectivity index (χ3v) is 4.27. The van der Waals surface area contributed by atoms with Gasteiger partial charge in [-0.3, -0.25) is 10.9 Å². The van der Waals surface area contributed by atoms with Gasteiger partial charge < -0.3 is 0 Å². The van der Waals surface area contributed by atoms with Gasteiger partial charge in [0.25, 0.3) is 0 Å². The van der Waals surface area contributed by atoms with Crippen molar-refractivity contribution in [3.8, 4) is 0 Å². The molecule has 0 heterocycles. The van der Waals surface area contributed by atoms with Crippen LogP contribution in [0, 0.1) is 27.7 Å². The highest BCUT2D eigenvalue weighted by Gasteiger charge is 2.00. The fourth-order valence-corrected chi connectivity index (χ4v) is 2.29. The first-order valence-corrected chi connectivity index (χ1v) is 8.64. The van der Waals surface area contributed by atoms with Crippen LogP contribution in [0.2, 0.25) is 0 Å². The number of hydrogen-bond acceptors (Lipinski definition) is 2. The Labute approximate surface area is 155 Å². The topological polar surface area (TPSA) is 48.8 Å². The van der Waals surface area contributed by atoms with E-state index in [4.69, 9.17) is 0 Å². The van der Waals surface area contributed by atoms with Crippen LogP contribution in [0.25, 0.3) is 0 Å². The maximum atomic E-state index is 3.97. The van der Waals surface area contributed by atoms with E-state index in [1.165, 1.54) is 22.3 Å². The largest absolute Gasteiger partial charge is 0.258 e. The van der Waals surface area contributed by atoms with Crippen LogP contribution in [0.1, 0.15) is 22.3 Å². The third kappa shape index (κ3) is 5.74. The molecule has 0 aromatic heterocycles. The van der Waals surface area contributed by atoms with Crippen molar-refractivity contribution >= 4 is 11.4 Å². The van der Waals surface area contributed by atoms with E-state index in [-0.39, 0.29) is 0 Å². The molecule has 0 radical (unpaired) electrons. The van der Waals surface area contributed by atoms with Gasteiger partial charge in [0.05, 0.1) is 11.4 Å². The van der Waals surface area contributed by atoms with Gasteiger partial charge in [-0.1, -0.05) is 71.1 Å². The SMILES string of the molecule is Cc1cccc(NN=NNc2cccc(C)c2C)c1C.c1ccccc1. The minimum Gasteiger partial charge on any atom is -0.258 e. The molecule has 3 aromatic rings. The molecule has 0 aliphatic heterocycles. The lowest BCUT2D eigenvalue weighted by atomic mass is 10.1. The predicted molar refractivity (Wildman–Crippen MR) is 110 cm³/mol. The highest BCUT2D eigenvalue weighted by Crippen LogP contribution is 2.19. The number of hydrogen-bond donors (Lipinski definition) is 2. The molecule has 2 N–H and O–H groups in total. The van der Waals surface area contributed by atoms with Gasteiger partial charge >= 0.3 is 0 Å². The Morgan fingerprint density at radius 3 is 1.19 bits per heavy atom. The first-order valence-electron chi connectivity index (χ1n) is 8.64. The number of aryl methyl sites for hydroxylation is 2. The predicted octanol–water partition coefficient (Wildman–Crippen LogP) is 6.41. The summed E-state index contributed by atoms with van der Waals surface area (Å²) >= 11 is 0. The standard InChI is InChI=1S/C16H20N4.C6H6/c1-11-7-5-9-15(13(11)3)17-19-20-18-16-10-6-8-12(2)14(16)4;1-2-4-6-5-3-1/h5-10H,1-4H3,(H,17,20)(H,18,19);1-6H. The average molecular weight is 346 g/mol. The van der Waals surface area contributed by atoms with Crippen LogP contribution in [0.15, 0.2) is 83.2 Å². The fourth-order valence-electron chi connectivity index (χ4n) is 2.29. The van der Waals surface area contributed by atoms with E-state index in [9.17, 15) is 0 Å². The molecule has 0 unspecified atom stereocenters. The first-order chi connectivity index (χ1) is 12.6. The maximum absolute atomic E-state index is 3.97. The molecule has 4 heteroatoms. The minimum atomic E-state index is 0.969. The number of benzene rings is 3. The normalized spacial score (nSPS) is 10.2. The van der Waals surface area contributed by atoms with Crippen molar-refractivity contribution in [3.05, 3.63) is 95.1 Å². The number of nitrogens with zero attached hydrogens (tertiary/aromatic N) is 2. The van der Waals surface area contributed by atoms with Crippen molar-refractivity contribution in [2.75, 3.05) is 10.9 Å². The second-order valence-electron chi connectivity index (χ2n) is 6.07. The Bertz CT molecular complexity index is 760. The highest BCUT2D eigenvalue weighted by molar-refractivity contribution is 5.54. The van der Waals surface area contributed by atoms with Gasteiger partial charge in [0.15, 0.2) is 0 Å². The average Bonchev–Trinajstić information content (AvgIpc) is 2.67. The fraction of sp³-hybridized carbons (Fsp3) is 0.182. The molecule has 0 aliphatic carbocycles. The number of nitrogens with one attached hydrogen (secondary N) is 2. The Balaban J connectivity index is 0.000000342.